The van der Waals surface area contributed by atoms with Crippen LogP contribution in [0.25, 0.3) is 5.82 Å². The highest BCUT2D eigenvalue weighted by molar-refractivity contribution is 5.44. The molecule has 0 aromatic carbocycles. The molecule has 1 atom stereocenters. The lowest BCUT2D eigenvalue weighted by molar-refractivity contribution is -0.0477. The molecular formula is C19H24N8O. The Bertz CT molecular complexity index is 939. The number of nitrogens with zero attached hydrogens (tertiary/aromatic N) is 8. The third-order valence-electron chi connectivity index (χ3n) is 5.63. The van der Waals surface area contributed by atoms with Gasteiger partial charge in [-0.05, 0) is 12.5 Å². The smallest absolute Gasteiger partial charge is 0.158 e. The number of hydrogen-bond acceptors (Lipinski definition) is 7. The van der Waals surface area contributed by atoms with Crippen LogP contribution in [0, 0.1) is 0 Å². The number of ether oxygens (including phenoxy) is 1. The summed E-state index contributed by atoms with van der Waals surface area (Å²) in [7, 11) is 2.04. The van der Waals surface area contributed by atoms with Gasteiger partial charge in [-0.15, -0.1) is 0 Å². The van der Waals surface area contributed by atoms with Gasteiger partial charge in [0.2, 0.25) is 0 Å². The van der Waals surface area contributed by atoms with E-state index in [1.807, 2.05) is 37.8 Å². The van der Waals surface area contributed by atoms with E-state index in [9.17, 15) is 0 Å². The molecule has 0 radical (unpaired) electrons. The molecule has 9 nitrogen and oxygen atoms in total. The van der Waals surface area contributed by atoms with E-state index in [2.05, 4.69) is 34.4 Å². The molecule has 0 N–H and O–H groups in total. The molecule has 0 bridgehead atoms. The Kier molecular flexibility index (Phi) is 4.33. The molecule has 1 spiro atoms. The summed E-state index contributed by atoms with van der Waals surface area (Å²) in [5.41, 5.74) is -0.153. The number of hydrogen-bond donors (Lipinski definition) is 0. The Labute approximate surface area is 163 Å². The normalized spacial score (nSPS) is 23.0. The molecule has 2 fully saturated rings. The molecule has 146 valence electrons. The lowest BCUT2D eigenvalue weighted by Gasteiger charge is -2.41. The largest absolute Gasteiger partial charge is 0.370 e. The van der Waals surface area contributed by atoms with E-state index >= 15 is 0 Å². The van der Waals surface area contributed by atoms with Crippen LogP contribution in [0.5, 0.6) is 0 Å². The first-order valence-corrected chi connectivity index (χ1v) is 9.60. The van der Waals surface area contributed by atoms with Gasteiger partial charge < -0.3 is 14.2 Å². The standard InChI is InChI=1S/C19H24N8O/c1-24-8-5-20-18(24)12-25-7-3-19(13-25)14-26(9-10-28-19)16-11-17(22-15-21-16)27-6-2-4-23-27/h2,4-6,8,11,15H,3,7,9-10,12-14H2,1H3. The van der Waals surface area contributed by atoms with Gasteiger partial charge in [-0.2, -0.15) is 5.10 Å². The zero-order chi connectivity index (χ0) is 19.0. The third-order valence-corrected chi connectivity index (χ3v) is 5.63. The Balaban J connectivity index is 1.30. The second kappa shape index (κ2) is 6.99. The molecule has 5 rings (SSSR count). The van der Waals surface area contributed by atoms with Gasteiger partial charge in [0.05, 0.1) is 18.8 Å². The van der Waals surface area contributed by atoms with Crippen LogP contribution in [0.1, 0.15) is 12.2 Å². The SMILES string of the molecule is Cn1ccnc1CN1CCC2(C1)CN(c1cc(-n3cccn3)ncn1)CCO2. The summed E-state index contributed by atoms with van der Waals surface area (Å²) in [6.07, 6.45) is 10.1. The maximum atomic E-state index is 6.29. The predicted octanol–water partition coefficient (Wildman–Crippen LogP) is 0.877. The lowest BCUT2D eigenvalue weighted by atomic mass is 10.0. The van der Waals surface area contributed by atoms with E-state index in [0.29, 0.717) is 6.61 Å². The van der Waals surface area contributed by atoms with E-state index in [1.54, 1.807) is 17.2 Å². The molecule has 2 saturated heterocycles. The molecule has 3 aromatic rings. The lowest BCUT2D eigenvalue weighted by Crippen LogP contribution is -2.53. The van der Waals surface area contributed by atoms with Gasteiger partial charge >= 0.3 is 0 Å². The molecule has 0 amide bonds. The van der Waals surface area contributed by atoms with Crippen LogP contribution in [0.4, 0.5) is 5.82 Å². The average Bonchev–Trinajstić information content (AvgIpc) is 3.46. The number of aryl methyl sites for hydroxylation is 1. The van der Waals surface area contributed by atoms with Gasteiger partial charge in [-0.3, -0.25) is 4.90 Å². The number of likely N-dealkylation sites (tertiary alicyclic amines) is 1. The summed E-state index contributed by atoms with van der Waals surface area (Å²) in [5.74, 6) is 2.79. The van der Waals surface area contributed by atoms with Crippen molar-refractivity contribution >= 4 is 5.82 Å². The van der Waals surface area contributed by atoms with Gasteiger partial charge in [0.15, 0.2) is 5.82 Å². The van der Waals surface area contributed by atoms with Crippen molar-refractivity contribution in [2.45, 2.75) is 18.6 Å². The zero-order valence-corrected chi connectivity index (χ0v) is 16.0. The fourth-order valence-corrected chi connectivity index (χ4v) is 4.14. The summed E-state index contributed by atoms with van der Waals surface area (Å²) >= 11 is 0. The van der Waals surface area contributed by atoms with Gasteiger partial charge in [0.1, 0.15) is 18.0 Å². The van der Waals surface area contributed by atoms with Crippen molar-refractivity contribution in [1.82, 2.24) is 34.2 Å². The van der Waals surface area contributed by atoms with Crippen LogP contribution in [0.2, 0.25) is 0 Å². The van der Waals surface area contributed by atoms with Crippen molar-refractivity contribution < 1.29 is 4.74 Å². The molecule has 1 unspecified atom stereocenters. The Morgan fingerprint density at radius 2 is 2.00 bits per heavy atom. The first-order valence-electron chi connectivity index (χ1n) is 9.60. The number of aromatic nitrogens is 6. The summed E-state index contributed by atoms with van der Waals surface area (Å²) in [5, 5.41) is 4.26. The van der Waals surface area contributed by atoms with E-state index in [4.69, 9.17) is 4.74 Å². The predicted molar refractivity (Wildman–Crippen MR) is 103 cm³/mol. The number of imidazole rings is 1. The number of morpholine rings is 1. The van der Waals surface area contributed by atoms with E-state index in [0.717, 1.165) is 56.6 Å². The highest BCUT2D eigenvalue weighted by Crippen LogP contribution is 2.31. The maximum absolute atomic E-state index is 6.29. The van der Waals surface area contributed by atoms with Gasteiger partial charge in [0.25, 0.3) is 0 Å². The van der Waals surface area contributed by atoms with Crippen molar-refractivity contribution in [1.29, 1.82) is 0 Å². The van der Waals surface area contributed by atoms with E-state index < -0.39 is 0 Å². The number of anilines is 1. The first-order chi connectivity index (χ1) is 13.7. The van der Waals surface area contributed by atoms with E-state index in [-0.39, 0.29) is 5.60 Å². The molecule has 3 aromatic heterocycles. The van der Waals surface area contributed by atoms with Crippen LogP contribution in [0.15, 0.2) is 43.2 Å². The molecule has 9 heteroatoms. The van der Waals surface area contributed by atoms with Crippen molar-refractivity contribution in [2.24, 2.45) is 7.05 Å². The fourth-order valence-electron chi connectivity index (χ4n) is 4.14. The quantitative estimate of drug-likeness (QED) is 0.665. The molecule has 0 saturated carbocycles. The Hall–Kier alpha value is -2.78. The van der Waals surface area contributed by atoms with Crippen LogP contribution in [0.3, 0.4) is 0 Å². The molecule has 28 heavy (non-hydrogen) atoms. The summed E-state index contributed by atoms with van der Waals surface area (Å²) in [6, 6.07) is 3.88. The van der Waals surface area contributed by atoms with Crippen LogP contribution in [-0.4, -0.2) is 72.6 Å². The maximum Gasteiger partial charge on any atom is 0.158 e. The van der Waals surface area contributed by atoms with Crippen LogP contribution >= 0.6 is 0 Å². The third kappa shape index (κ3) is 3.27. The fraction of sp³-hybridized carbons (Fsp3) is 0.474. The average molecular weight is 380 g/mol. The molecular weight excluding hydrogens is 356 g/mol. The highest BCUT2D eigenvalue weighted by Gasteiger charge is 2.43. The van der Waals surface area contributed by atoms with Crippen molar-refractivity contribution in [3.63, 3.8) is 0 Å². The minimum Gasteiger partial charge on any atom is -0.370 e. The first kappa shape index (κ1) is 17.3. The molecule has 0 aliphatic carbocycles. The highest BCUT2D eigenvalue weighted by atomic mass is 16.5. The Morgan fingerprint density at radius 3 is 2.82 bits per heavy atom. The van der Waals surface area contributed by atoms with Crippen molar-refractivity contribution in [3.8, 4) is 5.82 Å². The zero-order valence-electron chi connectivity index (χ0n) is 16.0. The van der Waals surface area contributed by atoms with Gasteiger partial charge in [-0.25, -0.2) is 19.6 Å². The van der Waals surface area contributed by atoms with Crippen LogP contribution < -0.4 is 4.90 Å². The van der Waals surface area contributed by atoms with E-state index in [1.165, 1.54) is 0 Å². The van der Waals surface area contributed by atoms with Crippen molar-refractivity contribution in [2.75, 3.05) is 37.7 Å². The summed E-state index contributed by atoms with van der Waals surface area (Å²) in [4.78, 5) is 18.0. The second-order valence-corrected chi connectivity index (χ2v) is 7.55. The van der Waals surface area contributed by atoms with Gasteiger partial charge in [-0.1, -0.05) is 0 Å². The molecule has 2 aliphatic heterocycles. The monoisotopic (exact) mass is 380 g/mol. The summed E-state index contributed by atoms with van der Waals surface area (Å²) < 4.78 is 10.1. The second-order valence-electron chi connectivity index (χ2n) is 7.55. The topological polar surface area (TPSA) is 77.1 Å². The minimum atomic E-state index is -0.153. The minimum absolute atomic E-state index is 0.153. The molecule has 2 aliphatic rings. The summed E-state index contributed by atoms with van der Waals surface area (Å²) in [6.45, 7) is 5.15. The van der Waals surface area contributed by atoms with Crippen molar-refractivity contribution in [3.05, 3.63) is 49.1 Å². The molecule has 5 heterocycles. The van der Waals surface area contributed by atoms with Gasteiger partial charge in [0, 0.05) is 64.1 Å². The Morgan fingerprint density at radius 1 is 1.07 bits per heavy atom. The van der Waals surface area contributed by atoms with Crippen LogP contribution in [-0.2, 0) is 18.3 Å². The number of rotatable bonds is 4.